The van der Waals surface area contributed by atoms with E-state index in [1.165, 1.54) is 4.68 Å². The van der Waals surface area contributed by atoms with Gasteiger partial charge in [-0.25, -0.2) is 13.1 Å². The maximum absolute atomic E-state index is 11.8. The van der Waals surface area contributed by atoms with Crippen molar-refractivity contribution in [3.8, 4) is 0 Å². The highest BCUT2D eigenvalue weighted by Crippen LogP contribution is 2.06. The predicted octanol–water partition coefficient (Wildman–Crippen LogP) is -0.00498. The van der Waals surface area contributed by atoms with Gasteiger partial charge in [0.1, 0.15) is 5.69 Å². The van der Waals surface area contributed by atoms with Crippen molar-refractivity contribution < 1.29 is 8.42 Å². The van der Waals surface area contributed by atoms with Gasteiger partial charge in [-0.1, -0.05) is 6.92 Å². The van der Waals surface area contributed by atoms with Crippen LogP contribution in [0.5, 0.6) is 0 Å². The van der Waals surface area contributed by atoms with Crippen LogP contribution in [0, 0.1) is 6.92 Å². The molecule has 0 aromatic carbocycles. The normalized spacial score (nSPS) is 11.9. The molecule has 0 unspecified atom stereocenters. The van der Waals surface area contributed by atoms with Crippen LogP contribution in [0.2, 0.25) is 0 Å². The lowest BCUT2D eigenvalue weighted by Crippen LogP contribution is -2.27. The summed E-state index contributed by atoms with van der Waals surface area (Å²) >= 11 is 0. The Morgan fingerprint density at radius 1 is 1.24 bits per heavy atom. The van der Waals surface area contributed by atoms with Crippen LogP contribution in [0.4, 0.5) is 5.69 Å². The fraction of sp³-hybridized carbons (Fsp3) is 0.700. The van der Waals surface area contributed by atoms with Crippen LogP contribution >= 0.6 is 0 Å². The number of nitrogen functional groups attached to an aromatic ring is 1. The third-order valence-electron chi connectivity index (χ3n) is 2.89. The Kier molecular flexibility index (Phi) is 4.03. The molecule has 0 saturated carbocycles. The van der Waals surface area contributed by atoms with Gasteiger partial charge in [0.25, 0.3) is 5.56 Å². The molecule has 0 radical (unpaired) electrons. The first-order chi connectivity index (χ1) is 7.84. The molecule has 2 N–H and O–H groups in total. The van der Waals surface area contributed by atoms with Crippen LogP contribution in [0.1, 0.15) is 19.5 Å². The lowest BCUT2D eigenvalue weighted by atomic mass is 10.4. The second kappa shape index (κ2) is 4.95. The summed E-state index contributed by atoms with van der Waals surface area (Å²) in [5.74, 6) is 0.0509. The molecule has 0 saturated heterocycles. The zero-order valence-corrected chi connectivity index (χ0v) is 11.2. The smallest absolute Gasteiger partial charge is 0.290 e. The predicted molar refractivity (Wildman–Crippen MR) is 67.8 cm³/mol. The van der Waals surface area contributed by atoms with E-state index in [4.69, 9.17) is 5.73 Å². The SMILES string of the molecule is CCn1c(C)c(N)c(=O)n1CCS(=O)(=O)CC. The molecule has 0 aliphatic heterocycles. The first-order valence-corrected chi connectivity index (χ1v) is 7.42. The standard InChI is InChI=1S/C10H19N3O3S/c1-4-12-8(3)9(11)10(14)13(12)6-7-17(15,16)5-2/h4-7,11H2,1-3H3. The molecule has 1 aromatic rings. The van der Waals surface area contributed by atoms with Gasteiger partial charge in [0.2, 0.25) is 0 Å². The van der Waals surface area contributed by atoms with E-state index < -0.39 is 9.84 Å². The quantitative estimate of drug-likeness (QED) is 0.808. The fourth-order valence-electron chi connectivity index (χ4n) is 1.72. The lowest BCUT2D eigenvalue weighted by molar-refractivity contribution is 0.465. The topological polar surface area (TPSA) is 87.1 Å². The average Bonchev–Trinajstić information content (AvgIpc) is 2.50. The first-order valence-electron chi connectivity index (χ1n) is 5.60. The number of sulfone groups is 1. The van der Waals surface area contributed by atoms with Crippen LogP contribution in [0.15, 0.2) is 4.79 Å². The molecule has 7 heteroatoms. The Hall–Kier alpha value is -1.24. The van der Waals surface area contributed by atoms with Gasteiger partial charge < -0.3 is 5.73 Å². The van der Waals surface area contributed by atoms with Crippen LogP contribution in [0.3, 0.4) is 0 Å². The maximum Gasteiger partial charge on any atom is 0.290 e. The Morgan fingerprint density at radius 3 is 2.29 bits per heavy atom. The molecular weight excluding hydrogens is 242 g/mol. The van der Waals surface area contributed by atoms with Gasteiger partial charge in [0, 0.05) is 12.3 Å². The first kappa shape index (κ1) is 13.8. The highest BCUT2D eigenvalue weighted by Gasteiger charge is 2.15. The van der Waals surface area contributed by atoms with Crippen LogP contribution in [-0.2, 0) is 22.9 Å². The van der Waals surface area contributed by atoms with Gasteiger partial charge >= 0.3 is 0 Å². The molecule has 0 fully saturated rings. The fourth-order valence-corrected chi connectivity index (χ4v) is 2.46. The van der Waals surface area contributed by atoms with Gasteiger partial charge in [0.05, 0.1) is 18.0 Å². The number of nitrogens with two attached hydrogens (primary N) is 1. The second-order valence-corrected chi connectivity index (χ2v) is 6.35. The minimum absolute atomic E-state index is 0.0354. The summed E-state index contributed by atoms with van der Waals surface area (Å²) in [5, 5.41) is 0. The molecule has 0 spiro atoms. The van der Waals surface area contributed by atoms with Crippen molar-refractivity contribution in [1.29, 1.82) is 0 Å². The molecule has 0 atom stereocenters. The van der Waals surface area contributed by atoms with E-state index in [0.717, 1.165) is 0 Å². The van der Waals surface area contributed by atoms with Crippen LogP contribution in [0.25, 0.3) is 0 Å². The Labute approximate surface area is 101 Å². The third kappa shape index (κ3) is 2.71. The Balaban J connectivity index is 3.08. The van der Waals surface area contributed by atoms with E-state index in [1.807, 2.05) is 6.92 Å². The van der Waals surface area contributed by atoms with E-state index in [-0.39, 0.29) is 29.3 Å². The van der Waals surface area contributed by atoms with Gasteiger partial charge in [-0.15, -0.1) is 0 Å². The molecule has 17 heavy (non-hydrogen) atoms. The van der Waals surface area contributed by atoms with Crippen LogP contribution < -0.4 is 11.3 Å². The van der Waals surface area contributed by atoms with Crippen molar-refractivity contribution in [3.05, 3.63) is 16.0 Å². The summed E-state index contributed by atoms with van der Waals surface area (Å²) in [6.07, 6.45) is 0. The van der Waals surface area contributed by atoms with E-state index >= 15 is 0 Å². The number of rotatable bonds is 5. The number of anilines is 1. The van der Waals surface area contributed by atoms with Crippen molar-refractivity contribution in [2.45, 2.75) is 33.9 Å². The lowest BCUT2D eigenvalue weighted by Gasteiger charge is -2.10. The maximum atomic E-state index is 11.8. The summed E-state index contributed by atoms with van der Waals surface area (Å²) in [5.41, 5.74) is 6.22. The van der Waals surface area contributed by atoms with Crippen LogP contribution in [-0.4, -0.2) is 29.3 Å². The zero-order valence-electron chi connectivity index (χ0n) is 10.4. The summed E-state index contributed by atoms with van der Waals surface area (Å²) in [7, 11) is -3.08. The van der Waals surface area contributed by atoms with Crippen molar-refractivity contribution in [3.63, 3.8) is 0 Å². The largest absolute Gasteiger partial charge is 0.393 e. The van der Waals surface area contributed by atoms with Crippen molar-refractivity contribution in [1.82, 2.24) is 9.36 Å². The summed E-state index contributed by atoms with van der Waals surface area (Å²) in [6.45, 7) is 5.98. The molecule has 6 nitrogen and oxygen atoms in total. The molecule has 1 aromatic heterocycles. The molecule has 98 valence electrons. The molecule has 1 heterocycles. The monoisotopic (exact) mass is 261 g/mol. The summed E-state index contributed by atoms with van der Waals surface area (Å²) in [4.78, 5) is 11.8. The van der Waals surface area contributed by atoms with Gasteiger partial charge in [-0.3, -0.25) is 9.48 Å². The van der Waals surface area contributed by atoms with Crippen molar-refractivity contribution in [2.24, 2.45) is 0 Å². The average molecular weight is 261 g/mol. The molecule has 1 rings (SSSR count). The number of hydrogen-bond acceptors (Lipinski definition) is 4. The van der Waals surface area contributed by atoms with E-state index in [0.29, 0.717) is 12.2 Å². The minimum Gasteiger partial charge on any atom is -0.393 e. The van der Waals surface area contributed by atoms with E-state index in [1.54, 1.807) is 18.5 Å². The Bertz CT molecular complexity index is 554. The molecule has 0 bridgehead atoms. The van der Waals surface area contributed by atoms with Gasteiger partial charge in [0.15, 0.2) is 9.84 Å². The van der Waals surface area contributed by atoms with E-state index in [2.05, 4.69) is 0 Å². The molecular formula is C10H19N3O3S. The summed E-state index contributed by atoms with van der Waals surface area (Å²) < 4.78 is 26.0. The number of nitrogens with zero attached hydrogens (tertiary/aromatic N) is 2. The van der Waals surface area contributed by atoms with Crippen molar-refractivity contribution >= 4 is 15.5 Å². The molecule has 0 aliphatic rings. The summed E-state index contributed by atoms with van der Waals surface area (Å²) in [6, 6.07) is 0. The third-order valence-corrected chi connectivity index (χ3v) is 4.57. The van der Waals surface area contributed by atoms with Gasteiger partial charge in [-0.05, 0) is 13.8 Å². The number of hydrogen-bond donors (Lipinski definition) is 1. The van der Waals surface area contributed by atoms with Crippen molar-refractivity contribution in [2.75, 3.05) is 17.2 Å². The van der Waals surface area contributed by atoms with Gasteiger partial charge in [-0.2, -0.15) is 0 Å². The number of aromatic nitrogens is 2. The highest BCUT2D eigenvalue weighted by atomic mass is 32.2. The minimum atomic E-state index is -3.08. The highest BCUT2D eigenvalue weighted by molar-refractivity contribution is 7.91. The van der Waals surface area contributed by atoms with E-state index in [9.17, 15) is 13.2 Å². The molecule has 0 amide bonds. The second-order valence-electron chi connectivity index (χ2n) is 3.88. The zero-order chi connectivity index (χ0) is 13.2. The molecule has 0 aliphatic carbocycles. The Morgan fingerprint density at radius 2 is 1.82 bits per heavy atom.